The third kappa shape index (κ3) is 4.44. The van der Waals surface area contributed by atoms with Crippen LogP contribution in [0, 0.1) is 13.8 Å². The fourth-order valence-electron chi connectivity index (χ4n) is 2.28. The van der Waals surface area contributed by atoms with Gasteiger partial charge in [-0.25, -0.2) is 21.8 Å². The molecule has 0 fully saturated rings. The van der Waals surface area contributed by atoms with E-state index in [1.165, 1.54) is 18.2 Å². The van der Waals surface area contributed by atoms with Crippen LogP contribution in [-0.4, -0.2) is 21.8 Å². The molecule has 1 aromatic carbocycles. The van der Waals surface area contributed by atoms with Crippen molar-refractivity contribution in [2.45, 2.75) is 22.3 Å². The van der Waals surface area contributed by atoms with Crippen LogP contribution >= 0.6 is 45.9 Å². The van der Waals surface area contributed by atoms with Crippen LogP contribution in [0.15, 0.2) is 38.1 Å². The fraction of sp³-hybridized carbons (Fsp3) is 0.133. The minimum absolute atomic E-state index is 0.0307. The number of benzene rings is 1. The monoisotopic (exact) mass is 497 g/mol. The molecule has 0 atom stereocenters. The first-order valence-electron chi connectivity index (χ1n) is 7.52. The summed E-state index contributed by atoms with van der Waals surface area (Å²) >= 11 is 14.1. The molecule has 150 valence electrons. The van der Waals surface area contributed by atoms with Crippen molar-refractivity contribution < 1.29 is 16.8 Å². The molecule has 0 saturated heterocycles. The summed E-state index contributed by atoms with van der Waals surface area (Å²) in [4.78, 5) is 4.11. The zero-order valence-electron chi connectivity index (χ0n) is 14.4. The van der Waals surface area contributed by atoms with Crippen molar-refractivity contribution in [3.8, 4) is 0 Å². The van der Waals surface area contributed by atoms with Crippen LogP contribution in [0.3, 0.4) is 0 Å². The van der Waals surface area contributed by atoms with Gasteiger partial charge in [-0.15, -0.1) is 22.7 Å². The number of sulfonamides is 2. The molecule has 0 radical (unpaired) electrons. The van der Waals surface area contributed by atoms with Crippen LogP contribution < -0.4 is 9.44 Å². The maximum Gasteiger partial charge on any atom is 0.273 e. The van der Waals surface area contributed by atoms with Crippen LogP contribution in [0.2, 0.25) is 10.0 Å². The van der Waals surface area contributed by atoms with Gasteiger partial charge >= 0.3 is 0 Å². The Morgan fingerprint density at radius 1 is 0.964 bits per heavy atom. The van der Waals surface area contributed by atoms with Gasteiger partial charge in [-0.05, 0) is 37.4 Å². The van der Waals surface area contributed by atoms with E-state index in [-0.39, 0.29) is 29.8 Å². The SMILES string of the molecule is Cc1nc(C)c(S(=O)(=O)Nc2cc(Cl)c(Cl)cc2NS(=O)(=O)c2cccs2)s1. The lowest BCUT2D eigenvalue weighted by Gasteiger charge is -2.15. The molecule has 13 heteroatoms. The summed E-state index contributed by atoms with van der Waals surface area (Å²) in [5, 5.41) is 2.33. The van der Waals surface area contributed by atoms with Gasteiger partial charge in [-0.3, -0.25) is 9.44 Å². The van der Waals surface area contributed by atoms with Gasteiger partial charge in [0.2, 0.25) is 0 Å². The molecule has 0 unspecified atom stereocenters. The second-order valence-corrected chi connectivity index (χ2v) is 12.3. The van der Waals surface area contributed by atoms with Crippen LogP contribution in [0.5, 0.6) is 0 Å². The lowest BCUT2D eigenvalue weighted by atomic mass is 10.3. The number of rotatable bonds is 6. The molecule has 2 aromatic heterocycles. The van der Waals surface area contributed by atoms with E-state index in [0.29, 0.717) is 10.7 Å². The van der Waals surface area contributed by atoms with Gasteiger partial charge in [0.25, 0.3) is 20.0 Å². The lowest BCUT2D eigenvalue weighted by Crippen LogP contribution is -2.17. The maximum atomic E-state index is 12.8. The Morgan fingerprint density at radius 2 is 1.54 bits per heavy atom. The van der Waals surface area contributed by atoms with Crippen molar-refractivity contribution in [1.29, 1.82) is 0 Å². The van der Waals surface area contributed by atoms with Crippen LogP contribution in [0.25, 0.3) is 0 Å². The van der Waals surface area contributed by atoms with E-state index in [1.807, 2.05) is 0 Å². The number of nitrogens with zero attached hydrogens (tertiary/aromatic N) is 1. The molecule has 0 aliphatic carbocycles. The standard InChI is InChI=1S/C15H13Cl2N3O4S4/c1-8-15(26-9(2)18-8)28(23,24)20-13-7-11(17)10(16)6-12(13)19-27(21,22)14-4-3-5-25-14/h3-7,19-20H,1-2H3. The number of nitrogens with one attached hydrogen (secondary N) is 2. The summed E-state index contributed by atoms with van der Waals surface area (Å²) in [6.45, 7) is 3.27. The molecule has 0 bridgehead atoms. The number of hydrogen-bond acceptors (Lipinski definition) is 7. The van der Waals surface area contributed by atoms with Gasteiger partial charge < -0.3 is 0 Å². The average molecular weight is 498 g/mol. The first-order valence-corrected chi connectivity index (χ1v) is 12.9. The highest BCUT2D eigenvalue weighted by molar-refractivity contribution is 7.95. The number of halogens is 2. The van der Waals surface area contributed by atoms with Gasteiger partial charge in [-0.1, -0.05) is 29.3 Å². The molecule has 28 heavy (non-hydrogen) atoms. The smallest absolute Gasteiger partial charge is 0.273 e. The topological polar surface area (TPSA) is 105 Å². The average Bonchev–Trinajstić information content (AvgIpc) is 3.22. The number of thiophene rings is 1. The summed E-state index contributed by atoms with van der Waals surface area (Å²) in [7, 11) is -7.94. The van der Waals surface area contributed by atoms with Gasteiger partial charge in [0.15, 0.2) is 4.21 Å². The summed E-state index contributed by atoms with van der Waals surface area (Å²) in [6.07, 6.45) is 0. The first-order chi connectivity index (χ1) is 13.0. The zero-order valence-corrected chi connectivity index (χ0v) is 19.1. The Kier molecular flexibility index (Phi) is 5.95. The molecule has 0 saturated carbocycles. The van der Waals surface area contributed by atoms with E-state index in [0.717, 1.165) is 22.7 Å². The number of thiazole rings is 1. The predicted octanol–water partition coefficient (Wildman–Crippen LogP) is 4.73. The van der Waals surface area contributed by atoms with Gasteiger partial charge in [0, 0.05) is 0 Å². The van der Waals surface area contributed by atoms with E-state index in [2.05, 4.69) is 14.4 Å². The van der Waals surface area contributed by atoms with Crippen LogP contribution in [-0.2, 0) is 20.0 Å². The first kappa shape index (κ1) is 21.3. The molecule has 0 aliphatic rings. The molecule has 0 spiro atoms. The summed E-state index contributed by atoms with van der Waals surface area (Å²) in [5.74, 6) is 0. The Morgan fingerprint density at radius 3 is 2.00 bits per heavy atom. The van der Waals surface area contributed by atoms with Crippen molar-refractivity contribution in [1.82, 2.24) is 4.98 Å². The molecular weight excluding hydrogens is 485 g/mol. The third-order valence-corrected chi connectivity index (χ3v) is 9.95. The van der Waals surface area contributed by atoms with Gasteiger partial charge in [-0.2, -0.15) is 0 Å². The normalized spacial score (nSPS) is 12.1. The zero-order chi connectivity index (χ0) is 20.7. The Hall–Kier alpha value is -1.37. The summed E-state index contributed by atoms with van der Waals surface area (Å²) < 4.78 is 55.5. The highest BCUT2D eigenvalue weighted by atomic mass is 35.5. The second kappa shape index (κ2) is 7.81. The second-order valence-electron chi connectivity index (χ2n) is 5.56. The Labute approximate surface area is 180 Å². The largest absolute Gasteiger partial charge is 0.277 e. The van der Waals surface area contributed by atoms with Crippen LogP contribution in [0.1, 0.15) is 10.7 Å². The van der Waals surface area contributed by atoms with Crippen LogP contribution in [0.4, 0.5) is 11.4 Å². The number of aromatic nitrogens is 1. The fourth-order valence-corrected chi connectivity index (χ4v) is 7.23. The number of hydrogen-bond donors (Lipinski definition) is 2. The van der Waals surface area contributed by atoms with Gasteiger partial charge in [0.1, 0.15) is 4.21 Å². The molecule has 3 rings (SSSR count). The molecule has 7 nitrogen and oxygen atoms in total. The number of anilines is 2. The summed E-state index contributed by atoms with van der Waals surface area (Å²) in [6, 6.07) is 5.51. The van der Waals surface area contributed by atoms with Crippen molar-refractivity contribution in [2.24, 2.45) is 0 Å². The van der Waals surface area contributed by atoms with Crippen molar-refractivity contribution >= 4 is 77.3 Å². The van der Waals surface area contributed by atoms with Crippen molar-refractivity contribution in [2.75, 3.05) is 9.44 Å². The van der Waals surface area contributed by atoms with E-state index >= 15 is 0 Å². The van der Waals surface area contributed by atoms with E-state index < -0.39 is 20.0 Å². The molecule has 2 N–H and O–H groups in total. The van der Waals surface area contributed by atoms with Crippen molar-refractivity contribution in [3.05, 3.63) is 50.4 Å². The Bertz CT molecular complexity index is 1240. The lowest BCUT2D eigenvalue weighted by molar-refractivity contribution is 0.600. The van der Waals surface area contributed by atoms with Crippen molar-refractivity contribution in [3.63, 3.8) is 0 Å². The van der Waals surface area contributed by atoms with E-state index in [4.69, 9.17) is 23.2 Å². The predicted molar refractivity (Wildman–Crippen MR) is 114 cm³/mol. The molecule has 0 aliphatic heterocycles. The molecular formula is C15H13Cl2N3O4S4. The minimum atomic E-state index is -4.01. The highest BCUT2D eigenvalue weighted by Gasteiger charge is 2.24. The quantitative estimate of drug-likeness (QED) is 0.511. The van der Waals surface area contributed by atoms with E-state index in [1.54, 1.807) is 25.3 Å². The van der Waals surface area contributed by atoms with Gasteiger partial charge in [0.05, 0.1) is 32.1 Å². The Balaban J connectivity index is 2.04. The summed E-state index contributed by atoms with van der Waals surface area (Å²) in [5.41, 5.74) is 0.237. The van der Waals surface area contributed by atoms with E-state index in [9.17, 15) is 16.8 Å². The maximum absolute atomic E-state index is 12.8. The minimum Gasteiger partial charge on any atom is -0.277 e. The molecule has 3 aromatic rings. The number of aryl methyl sites for hydroxylation is 2. The third-order valence-electron chi connectivity index (χ3n) is 3.41. The molecule has 0 amide bonds. The highest BCUT2D eigenvalue weighted by Crippen LogP contribution is 2.36. The molecule has 2 heterocycles.